The van der Waals surface area contributed by atoms with Crippen LogP contribution in [0.1, 0.15) is 24.8 Å². The van der Waals surface area contributed by atoms with E-state index in [2.05, 4.69) is 4.98 Å². The maximum Gasteiger partial charge on any atom is 0.328 e. The molecule has 1 amide bonds. The van der Waals surface area contributed by atoms with Crippen LogP contribution in [0, 0.1) is 0 Å². The van der Waals surface area contributed by atoms with E-state index < -0.39 is 11.2 Å². The Bertz CT molecular complexity index is 1210. The molecule has 0 spiro atoms. The van der Waals surface area contributed by atoms with Crippen LogP contribution in [0.25, 0.3) is 10.9 Å². The number of aromatic nitrogens is 2. The Morgan fingerprint density at radius 1 is 1.22 bits per heavy atom. The average Bonchev–Trinajstić information content (AvgIpc) is 3.31. The molecule has 2 heterocycles. The van der Waals surface area contributed by atoms with Crippen molar-refractivity contribution in [3.8, 4) is 5.75 Å². The number of fused-ring (bicyclic) bond motifs is 1. The number of hydrogen-bond acceptors (Lipinski definition) is 5. The summed E-state index contributed by atoms with van der Waals surface area (Å²) in [6, 6.07) is 14.5. The highest BCUT2D eigenvalue weighted by Crippen LogP contribution is 2.19. The number of nitrogens with zero attached hydrogens (tertiary/aromatic N) is 2. The number of para-hydroxylation sites is 1. The molecular formula is C24H27N3O5. The van der Waals surface area contributed by atoms with Gasteiger partial charge in [-0.05, 0) is 42.7 Å². The van der Waals surface area contributed by atoms with E-state index in [4.69, 9.17) is 9.47 Å². The third kappa shape index (κ3) is 4.91. The van der Waals surface area contributed by atoms with Gasteiger partial charge in [-0.1, -0.05) is 24.3 Å². The number of benzene rings is 2. The van der Waals surface area contributed by atoms with Gasteiger partial charge in [0.05, 0.1) is 24.1 Å². The van der Waals surface area contributed by atoms with Crippen molar-refractivity contribution in [1.29, 1.82) is 0 Å². The number of aryl methyl sites for hydroxylation is 1. The predicted octanol–water partition coefficient (Wildman–Crippen LogP) is 2.30. The lowest BCUT2D eigenvalue weighted by Crippen LogP contribution is -2.38. The van der Waals surface area contributed by atoms with Gasteiger partial charge in [-0.25, -0.2) is 4.79 Å². The van der Waals surface area contributed by atoms with Crippen LogP contribution >= 0.6 is 0 Å². The molecule has 8 nitrogen and oxygen atoms in total. The molecule has 0 bridgehead atoms. The molecule has 1 saturated heterocycles. The van der Waals surface area contributed by atoms with Gasteiger partial charge in [0.25, 0.3) is 5.56 Å². The summed E-state index contributed by atoms with van der Waals surface area (Å²) >= 11 is 0. The van der Waals surface area contributed by atoms with Crippen LogP contribution in [-0.4, -0.2) is 46.7 Å². The molecule has 1 N–H and O–H groups in total. The van der Waals surface area contributed by atoms with E-state index in [9.17, 15) is 14.4 Å². The van der Waals surface area contributed by atoms with Gasteiger partial charge in [-0.15, -0.1) is 0 Å². The lowest BCUT2D eigenvalue weighted by molar-refractivity contribution is -0.133. The van der Waals surface area contributed by atoms with Gasteiger partial charge < -0.3 is 14.4 Å². The third-order valence-electron chi connectivity index (χ3n) is 5.76. The van der Waals surface area contributed by atoms with Crippen LogP contribution in [0.4, 0.5) is 0 Å². The number of nitrogens with one attached hydrogen (secondary N) is 1. The Morgan fingerprint density at radius 2 is 2.06 bits per heavy atom. The molecule has 1 aliphatic rings. The van der Waals surface area contributed by atoms with Gasteiger partial charge in [0.15, 0.2) is 0 Å². The number of methoxy groups -OCH3 is 1. The molecule has 4 rings (SSSR count). The van der Waals surface area contributed by atoms with Crippen molar-refractivity contribution in [2.24, 2.45) is 0 Å². The van der Waals surface area contributed by atoms with Crippen molar-refractivity contribution in [1.82, 2.24) is 14.5 Å². The lowest BCUT2D eigenvalue weighted by atomic mass is 10.1. The number of hydrogen-bond donors (Lipinski definition) is 1. The summed E-state index contributed by atoms with van der Waals surface area (Å²) in [5, 5.41) is 0.423. The standard InChI is InChI=1S/C24H27N3O5/c1-31-18-7-4-6-17(14-18)15-26(16-19-8-5-13-32-19)22(28)11-12-27-21-10-3-2-9-20(21)23(29)25-24(27)30/h2-4,6-7,9-10,14,19H,5,8,11-13,15-16H2,1H3,(H,25,29,30). The van der Waals surface area contributed by atoms with E-state index in [0.717, 1.165) is 24.2 Å². The van der Waals surface area contributed by atoms with Crippen LogP contribution in [-0.2, 0) is 22.6 Å². The van der Waals surface area contributed by atoms with Crippen molar-refractivity contribution in [3.05, 3.63) is 74.9 Å². The molecule has 168 valence electrons. The fourth-order valence-electron chi connectivity index (χ4n) is 4.11. The van der Waals surface area contributed by atoms with E-state index >= 15 is 0 Å². The molecule has 8 heteroatoms. The van der Waals surface area contributed by atoms with E-state index in [1.165, 1.54) is 4.57 Å². The molecule has 0 radical (unpaired) electrons. The minimum atomic E-state index is -0.514. The van der Waals surface area contributed by atoms with Gasteiger partial charge in [0.2, 0.25) is 5.91 Å². The number of aromatic amines is 1. The third-order valence-corrected chi connectivity index (χ3v) is 5.76. The summed E-state index contributed by atoms with van der Waals surface area (Å²) in [5.74, 6) is 0.656. The highest BCUT2D eigenvalue weighted by Gasteiger charge is 2.23. The fraction of sp³-hybridized carbons (Fsp3) is 0.375. The second kappa shape index (κ2) is 9.82. The highest BCUT2D eigenvalue weighted by atomic mass is 16.5. The maximum atomic E-state index is 13.2. The number of ether oxygens (including phenoxy) is 2. The molecular weight excluding hydrogens is 410 g/mol. The average molecular weight is 437 g/mol. The van der Waals surface area contributed by atoms with Gasteiger partial charge in [-0.2, -0.15) is 0 Å². The molecule has 32 heavy (non-hydrogen) atoms. The second-order valence-electron chi connectivity index (χ2n) is 7.94. The van der Waals surface area contributed by atoms with Crippen molar-refractivity contribution in [2.75, 3.05) is 20.3 Å². The normalized spacial score (nSPS) is 15.7. The SMILES string of the molecule is COc1cccc(CN(CC2CCCO2)C(=O)CCn2c(=O)[nH]c(=O)c3ccccc32)c1. The Hall–Kier alpha value is -3.39. The van der Waals surface area contributed by atoms with Crippen molar-refractivity contribution in [3.63, 3.8) is 0 Å². The summed E-state index contributed by atoms with van der Waals surface area (Å²) in [5.41, 5.74) is 0.543. The maximum absolute atomic E-state index is 13.2. The fourth-order valence-corrected chi connectivity index (χ4v) is 4.11. The lowest BCUT2D eigenvalue weighted by Gasteiger charge is -2.26. The van der Waals surface area contributed by atoms with Gasteiger partial charge in [0, 0.05) is 32.7 Å². The first-order valence-electron chi connectivity index (χ1n) is 10.8. The van der Waals surface area contributed by atoms with E-state index in [0.29, 0.717) is 30.6 Å². The summed E-state index contributed by atoms with van der Waals surface area (Å²) in [6.45, 7) is 1.81. The van der Waals surface area contributed by atoms with Crippen LogP contribution in [0.15, 0.2) is 58.1 Å². The van der Waals surface area contributed by atoms with Gasteiger partial charge in [-0.3, -0.25) is 19.1 Å². The molecule has 1 fully saturated rings. The zero-order valence-electron chi connectivity index (χ0n) is 18.1. The molecule has 2 aromatic carbocycles. The van der Waals surface area contributed by atoms with Crippen molar-refractivity contribution in [2.45, 2.75) is 38.5 Å². The molecule has 1 aromatic heterocycles. The van der Waals surface area contributed by atoms with Gasteiger partial charge >= 0.3 is 5.69 Å². The zero-order chi connectivity index (χ0) is 22.5. The van der Waals surface area contributed by atoms with Crippen LogP contribution in [0.2, 0.25) is 0 Å². The number of carbonyl (C=O) groups excluding carboxylic acids is 1. The Morgan fingerprint density at radius 3 is 2.84 bits per heavy atom. The minimum Gasteiger partial charge on any atom is -0.497 e. The van der Waals surface area contributed by atoms with Crippen molar-refractivity contribution >= 4 is 16.8 Å². The summed E-state index contributed by atoms with van der Waals surface area (Å²) in [6.07, 6.45) is 2.06. The van der Waals surface area contributed by atoms with Crippen molar-refractivity contribution < 1.29 is 14.3 Å². The zero-order valence-corrected chi connectivity index (χ0v) is 18.1. The largest absolute Gasteiger partial charge is 0.497 e. The molecule has 1 atom stereocenters. The topological polar surface area (TPSA) is 93.6 Å². The van der Waals surface area contributed by atoms with E-state index in [1.54, 1.807) is 36.3 Å². The van der Waals surface area contributed by atoms with Crippen LogP contribution in [0.5, 0.6) is 5.75 Å². The molecule has 1 unspecified atom stereocenters. The Balaban J connectivity index is 1.54. The predicted molar refractivity (Wildman–Crippen MR) is 121 cm³/mol. The number of carbonyl (C=O) groups is 1. The summed E-state index contributed by atoms with van der Waals surface area (Å²) < 4.78 is 12.5. The highest BCUT2D eigenvalue weighted by molar-refractivity contribution is 5.79. The quantitative estimate of drug-likeness (QED) is 0.584. The molecule has 3 aromatic rings. The first-order chi connectivity index (χ1) is 15.5. The first kappa shape index (κ1) is 21.8. The summed E-state index contributed by atoms with van der Waals surface area (Å²) in [7, 11) is 1.61. The number of amides is 1. The first-order valence-corrected chi connectivity index (χ1v) is 10.8. The number of H-pyrrole nitrogens is 1. The minimum absolute atomic E-state index is 0.0150. The second-order valence-corrected chi connectivity index (χ2v) is 7.94. The Kier molecular flexibility index (Phi) is 6.70. The molecule has 1 aliphatic heterocycles. The number of rotatable bonds is 8. The molecule has 0 saturated carbocycles. The van der Waals surface area contributed by atoms with Crippen LogP contribution < -0.4 is 16.0 Å². The molecule has 0 aliphatic carbocycles. The summed E-state index contributed by atoms with van der Waals surface area (Å²) in [4.78, 5) is 41.9. The smallest absolute Gasteiger partial charge is 0.328 e. The van der Waals surface area contributed by atoms with Gasteiger partial charge in [0.1, 0.15) is 5.75 Å². The van der Waals surface area contributed by atoms with Crippen LogP contribution in [0.3, 0.4) is 0 Å². The van der Waals surface area contributed by atoms with E-state index in [1.807, 2.05) is 24.3 Å². The van der Waals surface area contributed by atoms with E-state index in [-0.39, 0.29) is 25.0 Å². The monoisotopic (exact) mass is 437 g/mol. The Labute approximate surface area is 185 Å².